The summed E-state index contributed by atoms with van der Waals surface area (Å²) >= 11 is 2.97. The Labute approximate surface area is 208 Å². The average molecular weight is 496 g/mol. The van der Waals surface area contributed by atoms with Crippen LogP contribution >= 0.6 is 23.4 Å². The van der Waals surface area contributed by atoms with E-state index >= 15 is 0 Å². The topological polar surface area (TPSA) is 81.0 Å². The molecule has 0 aliphatic heterocycles. The molecule has 0 fully saturated rings. The Bertz CT molecular complexity index is 1660. The first-order valence-corrected chi connectivity index (χ1v) is 12.4. The first kappa shape index (κ1) is 21.4. The third-order valence-corrected chi connectivity index (χ3v) is 7.49. The lowest BCUT2D eigenvalue weighted by molar-refractivity contribution is -0.384. The molecule has 3 aromatic carbocycles. The lowest BCUT2D eigenvalue weighted by Gasteiger charge is -2.12. The average Bonchev–Trinajstić information content (AvgIpc) is 3.55. The third kappa shape index (κ3) is 4.03. The summed E-state index contributed by atoms with van der Waals surface area (Å²) in [6.45, 7) is 0. The fourth-order valence-corrected chi connectivity index (χ4v) is 5.46. The Kier molecular flexibility index (Phi) is 5.44. The number of H-pyrrole nitrogens is 1. The zero-order chi connectivity index (χ0) is 23.8. The summed E-state index contributed by atoms with van der Waals surface area (Å²) in [4.78, 5) is 18.9. The molecule has 0 bridgehead atoms. The maximum atomic E-state index is 11.2. The molecule has 170 valence electrons. The summed E-state index contributed by atoms with van der Waals surface area (Å²) in [6.07, 6.45) is 1.82. The fraction of sp³-hybridized carbons (Fsp3) is 0. The first-order valence-electron chi connectivity index (χ1n) is 10.8. The fourth-order valence-electron chi connectivity index (χ4n) is 4.17. The number of non-ortho nitro benzene ring substituents is 1. The van der Waals surface area contributed by atoms with E-state index in [2.05, 4.69) is 17.1 Å². The van der Waals surface area contributed by atoms with Crippen LogP contribution in [0.15, 0.2) is 101 Å². The molecule has 0 radical (unpaired) electrons. The molecule has 0 saturated carbocycles. The molecule has 0 aliphatic rings. The summed E-state index contributed by atoms with van der Waals surface area (Å²) in [7, 11) is 0. The van der Waals surface area contributed by atoms with E-state index in [1.807, 2.05) is 60.1 Å². The number of nitro groups is 1. The molecule has 0 aliphatic carbocycles. The van der Waals surface area contributed by atoms with E-state index in [0.717, 1.165) is 54.1 Å². The van der Waals surface area contributed by atoms with Gasteiger partial charge in [-0.15, -0.1) is 11.3 Å². The van der Waals surface area contributed by atoms with Gasteiger partial charge in [0.25, 0.3) is 5.69 Å². The predicted octanol–water partition coefficient (Wildman–Crippen LogP) is 8.11. The molecule has 3 heterocycles. The number of nitrogens with one attached hydrogen (secondary N) is 1. The van der Waals surface area contributed by atoms with Gasteiger partial charge in [-0.1, -0.05) is 36.4 Å². The van der Waals surface area contributed by atoms with Gasteiger partial charge in [0.15, 0.2) is 0 Å². The Hall–Kier alpha value is -4.14. The number of benzene rings is 3. The van der Waals surface area contributed by atoms with Gasteiger partial charge < -0.3 is 9.17 Å². The lowest BCUT2D eigenvalue weighted by atomic mass is 9.92. The third-order valence-electron chi connectivity index (χ3n) is 5.76. The Morgan fingerprint density at radius 2 is 1.77 bits per heavy atom. The second-order valence-electron chi connectivity index (χ2n) is 7.87. The van der Waals surface area contributed by atoms with Gasteiger partial charge in [-0.05, 0) is 52.9 Å². The second-order valence-corrected chi connectivity index (χ2v) is 9.85. The molecule has 6 rings (SSSR count). The normalized spacial score (nSPS) is 11.2. The minimum absolute atomic E-state index is 0.0566. The minimum Gasteiger partial charge on any atom is -0.420 e. The van der Waals surface area contributed by atoms with E-state index < -0.39 is 4.92 Å². The van der Waals surface area contributed by atoms with Crippen LogP contribution in [0.4, 0.5) is 5.69 Å². The highest BCUT2D eigenvalue weighted by Crippen LogP contribution is 2.42. The van der Waals surface area contributed by atoms with Crippen molar-refractivity contribution in [2.45, 2.75) is 4.21 Å². The molecular formula is C27H17N3O3S2. The number of nitrogens with zero attached hydrogens (tertiary/aromatic N) is 2. The smallest absolute Gasteiger partial charge is 0.269 e. The van der Waals surface area contributed by atoms with Crippen molar-refractivity contribution in [1.29, 1.82) is 0 Å². The molecular weight excluding hydrogens is 478 g/mol. The zero-order valence-electron chi connectivity index (χ0n) is 18.2. The van der Waals surface area contributed by atoms with Crippen LogP contribution in [0.25, 0.3) is 44.2 Å². The molecule has 3 aromatic heterocycles. The number of pyridine rings is 1. The quantitative estimate of drug-likeness (QED) is 0.143. The van der Waals surface area contributed by atoms with Crippen molar-refractivity contribution in [2.75, 3.05) is 0 Å². The standard InChI is InChI=1S/C27H17N3O3S2/c31-30(32)19-10-8-17(9-11-19)22-16-28-27-26(25(22)18-5-2-1-3-6-18)21-15-20(12-13-23(21)29-27)33-35-24-7-4-14-34-24/h1-16H,(H,28,29). The SMILES string of the molecule is O=[N+]([O-])c1ccc(-c2cnc3[nH]c4ccc(OSc5cccs5)cc4c3c2-c2ccccc2)cc1. The highest BCUT2D eigenvalue weighted by atomic mass is 32.2. The maximum absolute atomic E-state index is 11.2. The van der Waals surface area contributed by atoms with Gasteiger partial charge in [0.2, 0.25) is 0 Å². The first-order chi connectivity index (χ1) is 17.2. The molecule has 0 spiro atoms. The van der Waals surface area contributed by atoms with Crippen molar-refractivity contribution in [3.63, 3.8) is 0 Å². The predicted molar refractivity (Wildman–Crippen MR) is 142 cm³/mol. The summed E-state index contributed by atoms with van der Waals surface area (Å²) in [5.41, 5.74) is 5.59. The van der Waals surface area contributed by atoms with E-state index in [9.17, 15) is 10.1 Å². The molecule has 0 atom stereocenters. The number of hydrogen-bond donors (Lipinski definition) is 1. The molecule has 35 heavy (non-hydrogen) atoms. The van der Waals surface area contributed by atoms with Crippen LogP contribution in [0.1, 0.15) is 0 Å². The highest BCUT2D eigenvalue weighted by Gasteiger charge is 2.18. The van der Waals surface area contributed by atoms with Crippen molar-refractivity contribution in [1.82, 2.24) is 9.97 Å². The van der Waals surface area contributed by atoms with Crippen LogP contribution in [-0.4, -0.2) is 14.9 Å². The monoisotopic (exact) mass is 495 g/mol. The molecule has 1 N–H and O–H groups in total. The van der Waals surface area contributed by atoms with E-state index in [4.69, 9.17) is 9.17 Å². The largest absolute Gasteiger partial charge is 0.420 e. The van der Waals surface area contributed by atoms with Crippen LogP contribution in [0, 0.1) is 10.1 Å². The molecule has 0 unspecified atom stereocenters. The molecule has 6 nitrogen and oxygen atoms in total. The molecule has 6 aromatic rings. The van der Waals surface area contributed by atoms with Gasteiger partial charge in [-0.2, -0.15) is 0 Å². The minimum atomic E-state index is -0.390. The summed E-state index contributed by atoms with van der Waals surface area (Å²) < 4.78 is 7.08. The van der Waals surface area contributed by atoms with Gasteiger partial charge in [-0.3, -0.25) is 10.1 Å². The van der Waals surface area contributed by atoms with Crippen LogP contribution in [0.2, 0.25) is 0 Å². The van der Waals surface area contributed by atoms with Gasteiger partial charge in [-0.25, -0.2) is 4.98 Å². The Morgan fingerprint density at radius 3 is 2.51 bits per heavy atom. The van der Waals surface area contributed by atoms with Gasteiger partial charge in [0.1, 0.15) is 27.6 Å². The summed E-state index contributed by atoms with van der Waals surface area (Å²) in [5, 5.41) is 15.2. The van der Waals surface area contributed by atoms with Gasteiger partial charge in [0.05, 0.1) is 4.92 Å². The van der Waals surface area contributed by atoms with Crippen LogP contribution < -0.4 is 4.18 Å². The Morgan fingerprint density at radius 1 is 0.943 bits per heavy atom. The van der Waals surface area contributed by atoms with Gasteiger partial charge >= 0.3 is 0 Å². The molecule has 0 saturated heterocycles. The Balaban J connectivity index is 1.55. The number of rotatable bonds is 6. The van der Waals surface area contributed by atoms with Crippen molar-refractivity contribution < 1.29 is 9.11 Å². The summed E-state index contributed by atoms with van der Waals surface area (Å²) in [6, 6.07) is 26.7. The van der Waals surface area contributed by atoms with Crippen LogP contribution in [0.5, 0.6) is 5.75 Å². The van der Waals surface area contributed by atoms with Crippen molar-refractivity contribution >= 4 is 51.0 Å². The number of aromatic nitrogens is 2. The molecule has 0 amide bonds. The van der Waals surface area contributed by atoms with Crippen LogP contribution in [-0.2, 0) is 0 Å². The van der Waals surface area contributed by atoms with E-state index in [1.54, 1.807) is 23.5 Å². The van der Waals surface area contributed by atoms with E-state index in [-0.39, 0.29) is 5.69 Å². The number of nitro benzene ring substituents is 1. The number of aromatic amines is 1. The maximum Gasteiger partial charge on any atom is 0.269 e. The van der Waals surface area contributed by atoms with Gasteiger partial charge in [0, 0.05) is 45.7 Å². The van der Waals surface area contributed by atoms with Crippen molar-refractivity contribution in [3.8, 4) is 28.0 Å². The number of thiophene rings is 1. The number of fused-ring (bicyclic) bond motifs is 3. The van der Waals surface area contributed by atoms with E-state index in [1.165, 1.54) is 24.2 Å². The van der Waals surface area contributed by atoms with E-state index in [0.29, 0.717) is 0 Å². The van der Waals surface area contributed by atoms with Crippen molar-refractivity contribution in [2.24, 2.45) is 0 Å². The second kappa shape index (κ2) is 8.90. The van der Waals surface area contributed by atoms with Crippen molar-refractivity contribution in [3.05, 3.63) is 107 Å². The van der Waals surface area contributed by atoms with Crippen LogP contribution in [0.3, 0.4) is 0 Å². The highest BCUT2D eigenvalue weighted by molar-refractivity contribution is 7.97. The zero-order valence-corrected chi connectivity index (χ0v) is 19.8. The lowest BCUT2D eigenvalue weighted by Crippen LogP contribution is -1.91. The molecule has 8 heteroatoms. The summed E-state index contributed by atoms with van der Waals surface area (Å²) in [5.74, 6) is 0.747. The number of hydrogen-bond acceptors (Lipinski definition) is 6.